The van der Waals surface area contributed by atoms with Crippen LogP contribution in [0.5, 0.6) is 0 Å². The van der Waals surface area contributed by atoms with Crippen LogP contribution in [-0.4, -0.2) is 0 Å². The summed E-state index contributed by atoms with van der Waals surface area (Å²) in [4.78, 5) is 0. The molecule has 0 heterocycles. The number of para-hydroxylation sites is 1. The fraction of sp³-hybridized carbons (Fsp3) is 0.200. The molecule has 2 rings (SSSR count). The lowest BCUT2D eigenvalue weighted by molar-refractivity contribution is 0.635. The van der Waals surface area contributed by atoms with E-state index < -0.39 is 0 Å². The van der Waals surface area contributed by atoms with Gasteiger partial charge in [-0.2, -0.15) is 0 Å². The Kier molecular flexibility index (Phi) is 3.65. The largest absolute Gasteiger partial charge is 0.398 e. The third-order valence-corrected chi connectivity index (χ3v) is 3.43. The molecule has 0 spiro atoms. The van der Waals surface area contributed by atoms with Gasteiger partial charge in [-0.1, -0.05) is 36.4 Å². The number of hydrogen-bond acceptors (Lipinski definition) is 3. The van der Waals surface area contributed by atoms with Gasteiger partial charge in [-0.3, -0.25) is 5.84 Å². The first-order chi connectivity index (χ1) is 8.65. The van der Waals surface area contributed by atoms with E-state index in [1.54, 1.807) is 0 Å². The van der Waals surface area contributed by atoms with Crippen LogP contribution in [0.2, 0.25) is 0 Å². The van der Waals surface area contributed by atoms with Crippen LogP contribution in [0, 0.1) is 13.8 Å². The molecule has 3 heteroatoms. The van der Waals surface area contributed by atoms with Crippen molar-refractivity contribution in [2.45, 2.75) is 19.9 Å². The molecule has 94 valence electrons. The van der Waals surface area contributed by atoms with Crippen molar-refractivity contribution in [3.63, 3.8) is 0 Å². The third-order valence-electron chi connectivity index (χ3n) is 3.43. The molecular weight excluding hydrogens is 222 g/mol. The van der Waals surface area contributed by atoms with Crippen LogP contribution in [0.3, 0.4) is 0 Å². The monoisotopic (exact) mass is 241 g/mol. The summed E-state index contributed by atoms with van der Waals surface area (Å²) in [6.45, 7) is 4.20. The predicted molar refractivity (Wildman–Crippen MR) is 75.9 cm³/mol. The lowest BCUT2D eigenvalue weighted by atomic mass is 9.92. The van der Waals surface area contributed by atoms with E-state index >= 15 is 0 Å². The summed E-state index contributed by atoms with van der Waals surface area (Å²) in [6.07, 6.45) is 0. The Morgan fingerprint density at radius 2 is 1.61 bits per heavy atom. The van der Waals surface area contributed by atoms with Crippen molar-refractivity contribution < 1.29 is 0 Å². The predicted octanol–water partition coefficient (Wildman–Crippen LogP) is 2.44. The van der Waals surface area contributed by atoms with Crippen molar-refractivity contribution in [2.24, 2.45) is 5.84 Å². The smallest absolute Gasteiger partial charge is 0.0732 e. The molecule has 2 aromatic rings. The molecule has 0 saturated carbocycles. The highest BCUT2D eigenvalue weighted by Gasteiger charge is 2.17. The first kappa shape index (κ1) is 12.6. The highest BCUT2D eigenvalue weighted by molar-refractivity contribution is 5.52. The second kappa shape index (κ2) is 5.21. The molecule has 1 atom stereocenters. The van der Waals surface area contributed by atoms with Gasteiger partial charge in [-0.05, 0) is 42.2 Å². The topological polar surface area (TPSA) is 64.1 Å². The Labute approximate surface area is 108 Å². The number of nitrogens with two attached hydrogens (primary N) is 2. The van der Waals surface area contributed by atoms with Crippen molar-refractivity contribution in [2.75, 3.05) is 5.73 Å². The van der Waals surface area contributed by atoms with E-state index in [-0.39, 0.29) is 6.04 Å². The van der Waals surface area contributed by atoms with Crippen LogP contribution >= 0.6 is 0 Å². The van der Waals surface area contributed by atoms with Gasteiger partial charge in [0.05, 0.1) is 6.04 Å². The zero-order chi connectivity index (χ0) is 13.1. The normalized spacial score (nSPS) is 12.4. The van der Waals surface area contributed by atoms with Gasteiger partial charge >= 0.3 is 0 Å². The Balaban J connectivity index is 2.53. The number of aryl methyl sites for hydroxylation is 1. The average Bonchev–Trinajstić information content (AvgIpc) is 2.37. The Morgan fingerprint density at radius 3 is 2.28 bits per heavy atom. The maximum atomic E-state index is 6.03. The minimum absolute atomic E-state index is 0.0777. The average molecular weight is 241 g/mol. The molecular formula is C15H19N3. The number of rotatable bonds is 3. The second-order valence-electron chi connectivity index (χ2n) is 4.52. The molecule has 0 aliphatic heterocycles. The van der Waals surface area contributed by atoms with Gasteiger partial charge in [-0.15, -0.1) is 0 Å². The molecule has 18 heavy (non-hydrogen) atoms. The van der Waals surface area contributed by atoms with Crippen LogP contribution in [0.4, 0.5) is 5.69 Å². The third kappa shape index (κ3) is 2.23. The maximum Gasteiger partial charge on any atom is 0.0732 e. The molecule has 0 aliphatic carbocycles. The molecule has 3 nitrogen and oxygen atoms in total. The molecule has 0 aliphatic rings. The van der Waals surface area contributed by atoms with E-state index in [0.29, 0.717) is 0 Å². The van der Waals surface area contributed by atoms with Crippen molar-refractivity contribution in [3.8, 4) is 0 Å². The van der Waals surface area contributed by atoms with Gasteiger partial charge in [0, 0.05) is 5.69 Å². The summed E-state index contributed by atoms with van der Waals surface area (Å²) in [5.74, 6) is 5.72. The van der Waals surface area contributed by atoms with Crippen LogP contribution in [0.1, 0.15) is 28.3 Å². The summed E-state index contributed by atoms with van der Waals surface area (Å²) in [6, 6.07) is 13.9. The standard InChI is InChI=1S/C15H19N3/c1-10-6-5-8-12(11(10)2)15(18-17)13-7-3-4-9-14(13)16/h3-9,15,18H,16-17H2,1-2H3. The van der Waals surface area contributed by atoms with Crippen molar-refractivity contribution >= 4 is 5.69 Å². The Morgan fingerprint density at radius 1 is 0.944 bits per heavy atom. The van der Waals surface area contributed by atoms with E-state index in [1.807, 2.05) is 30.3 Å². The zero-order valence-electron chi connectivity index (χ0n) is 10.8. The fourth-order valence-corrected chi connectivity index (χ4v) is 2.21. The summed E-state index contributed by atoms with van der Waals surface area (Å²) < 4.78 is 0. The molecule has 0 bridgehead atoms. The number of anilines is 1. The van der Waals surface area contributed by atoms with Gasteiger partial charge in [0.2, 0.25) is 0 Å². The molecule has 1 unspecified atom stereocenters. The first-order valence-corrected chi connectivity index (χ1v) is 6.01. The number of nitrogens with one attached hydrogen (secondary N) is 1. The summed E-state index contributed by atoms with van der Waals surface area (Å²) in [7, 11) is 0. The van der Waals surface area contributed by atoms with Crippen molar-refractivity contribution in [3.05, 3.63) is 64.7 Å². The van der Waals surface area contributed by atoms with E-state index in [2.05, 4.69) is 31.4 Å². The van der Waals surface area contributed by atoms with Crippen LogP contribution in [0.15, 0.2) is 42.5 Å². The van der Waals surface area contributed by atoms with Crippen LogP contribution < -0.4 is 17.0 Å². The molecule has 0 fully saturated rings. The molecule has 0 radical (unpaired) electrons. The van der Waals surface area contributed by atoms with E-state index in [9.17, 15) is 0 Å². The summed E-state index contributed by atoms with van der Waals surface area (Å²) in [5.41, 5.74) is 14.3. The van der Waals surface area contributed by atoms with Gasteiger partial charge in [0.15, 0.2) is 0 Å². The van der Waals surface area contributed by atoms with E-state index in [4.69, 9.17) is 11.6 Å². The minimum atomic E-state index is -0.0777. The lowest BCUT2D eigenvalue weighted by Crippen LogP contribution is -2.30. The molecule has 0 saturated heterocycles. The molecule has 0 aromatic heterocycles. The van der Waals surface area contributed by atoms with Gasteiger partial charge in [-0.25, -0.2) is 5.43 Å². The fourth-order valence-electron chi connectivity index (χ4n) is 2.21. The number of hydrazine groups is 1. The molecule has 5 N–H and O–H groups in total. The van der Waals surface area contributed by atoms with Gasteiger partial charge in [0.25, 0.3) is 0 Å². The quantitative estimate of drug-likeness (QED) is 0.439. The van der Waals surface area contributed by atoms with Crippen molar-refractivity contribution in [1.82, 2.24) is 5.43 Å². The zero-order valence-corrected chi connectivity index (χ0v) is 10.8. The number of benzene rings is 2. The Hall–Kier alpha value is -1.84. The number of hydrogen-bond donors (Lipinski definition) is 3. The maximum absolute atomic E-state index is 6.03. The molecule has 2 aromatic carbocycles. The lowest BCUT2D eigenvalue weighted by Gasteiger charge is -2.21. The summed E-state index contributed by atoms with van der Waals surface area (Å²) >= 11 is 0. The molecule has 0 amide bonds. The number of nitrogen functional groups attached to an aromatic ring is 1. The SMILES string of the molecule is Cc1cccc(C(NN)c2ccccc2N)c1C. The van der Waals surface area contributed by atoms with E-state index in [0.717, 1.165) is 16.8 Å². The van der Waals surface area contributed by atoms with Crippen LogP contribution in [-0.2, 0) is 0 Å². The summed E-state index contributed by atoms with van der Waals surface area (Å²) in [5, 5.41) is 0. The van der Waals surface area contributed by atoms with Crippen LogP contribution in [0.25, 0.3) is 0 Å². The van der Waals surface area contributed by atoms with Gasteiger partial charge in [0.1, 0.15) is 0 Å². The Bertz CT molecular complexity index is 549. The minimum Gasteiger partial charge on any atom is -0.398 e. The van der Waals surface area contributed by atoms with Gasteiger partial charge < -0.3 is 5.73 Å². The van der Waals surface area contributed by atoms with Crippen molar-refractivity contribution in [1.29, 1.82) is 0 Å². The second-order valence-corrected chi connectivity index (χ2v) is 4.52. The first-order valence-electron chi connectivity index (χ1n) is 6.01. The highest BCUT2D eigenvalue weighted by atomic mass is 15.2. The highest BCUT2D eigenvalue weighted by Crippen LogP contribution is 2.29. The van der Waals surface area contributed by atoms with E-state index in [1.165, 1.54) is 11.1 Å².